The summed E-state index contributed by atoms with van der Waals surface area (Å²) < 4.78 is 0. The molecule has 3 heteroatoms. The first kappa shape index (κ1) is 13.4. The SMILES string of the molecule is CC1[C@H]2Cc3ccc(N)c(N)c3[C@]1(C)CCN2CC1CC1. The first-order valence-electron chi connectivity index (χ1n) is 8.42. The second kappa shape index (κ2) is 4.39. The lowest BCUT2D eigenvalue weighted by atomic mass is 9.58. The summed E-state index contributed by atoms with van der Waals surface area (Å²) in [5.74, 6) is 1.63. The molecule has 1 saturated carbocycles. The maximum Gasteiger partial charge on any atom is 0.0588 e. The zero-order valence-corrected chi connectivity index (χ0v) is 13.2. The number of nitrogen functional groups attached to an aromatic ring is 2. The summed E-state index contributed by atoms with van der Waals surface area (Å²) in [6, 6.07) is 4.90. The monoisotopic (exact) mass is 285 g/mol. The minimum Gasteiger partial charge on any atom is -0.397 e. The van der Waals surface area contributed by atoms with Gasteiger partial charge in [-0.3, -0.25) is 4.90 Å². The van der Waals surface area contributed by atoms with Crippen molar-refractivity contribution in [2.45, 2.75) is 51.0 Å². The van der Waals surface area contributed by atoms with Crippen molar-refractivity contribution in [3.05, 3.63) is 23.3 Å². The van der Waals surface area contributed by atoms with E-state index in [4.69, 9.17) is 11.5 Å². The van der Waals surface area contributed by atoms with Crippen LogP contribution in [0.2, 0.25) is 0 Å². The number of hydrogen-bond acceptors (Lipinski definition) is 3. The van der Waals surface area contributed by atoms with Crippen LogP contribution in [0.25, 0.3) is 0 Å². The maximum atomic E-state index is 6.37. The molecule has 3 atom stereocenters. The molecule has 114 valence electrons. The van der Waals surface area contributed by atoms with E-state index in [9.17, 15) is 0 Å². The Hall–Kier alpha value is -1.22. The molecule has 21 heavy (non-hydrogen) atoms. The first-order chi connectivity index (χ1) is 10.0. The van der Waals surface area contributed by atoms with Crippen molar-refractivity contribution < 1.29 is 0 Å². The van der Waals surface area contributed by atoms with E-state index in [1.807, 2.05) is 6.07 Å². The largest absolute Gasteiger partial charge is 0.397 e. The molecule has 3 nitrogen and oxygen atoms in total. The van der Waals surface area contributed by atoms with E-state index < -0.39 is 0 Å². The summed E-state index contributed by atoms with van der Waals surface area (Å²) in [6.45, 7) is 7.36. The lowest BCUT2D eigenvalue weighted by Gasteiger charge is -2.55. The summed E-state index contributed by atoms with van der Waals surface area (Å²) in [5.41, 5.74) is 17.0. The van der Waals surface area contributed by atoms with E-state index in [0.29, 0.717) is 12.0 Å². The molecule has 0 aromatic heterocycles. The van der Waals surface area contributed by atoms with Gasteiger partial charge in [0.1, 0.15) is 0 Å². The molecule has 1 unspecified atom stereocenters. The number of nitrogens with zero attached hydrogens (tertiary/aromatic N) is 1. The molecule has 1 aromatic carbocycles. The van der Waals surface area contributed by atoms with Gasteiger partial charge in [-0.05, 0) is 61.3 Å². The zero-order valence-electron chi connectivity index (χ0n) is 13.2. The van der Waals surface area contributed by atoms with Crippen LogP contribution in [0.3, 0.4) is 0 Å². The second-order valence-electron chi connectivity index (χ2n) is 7.77. The molecule has 0 radical (unpaired) electrons. The first-order valence-corrected chi connectivity index (χ1v) is 8.42. The molecule has 3 aliphatic rings. The quantitative estimate of drug-likeness (QED) is 0.822. The van der Waals surface area contributed by atoms with Crippen molar-refractivity contribution in [1.29, 1.82) is 0 Å². The Morgan fingerprint density at radius 1 is 1.29 bits per heavy atom. The molecule has 1 saturated heterocycles. The Kier molecular flexibility index (Phi) is 2.81. The third-order valence-electron chi connectivity index (χ3n) is 6.52. The summed E-state index contributed by atoms with van der Waals surface area (Å²) in [6.07, 6.45) is 5.23. The number of fused-ring (bicyclic) bond motifs is 4. The number of hydrogen-bond donors (Lipinski definition) is 2. The van der Waals surface area contributed by atoms with E-state index >= 15 is 0 Å². The molecule has 2 bridgehead atoms. The van der Waals surface area contributed by atoms with Gasteiger partial charge in [0.15, 0.2) is 0 Å². The molecule has 1 aliphatic heterocycles. The number of piperidine rings is 1. The van der Waals surface area contributed by atoms with Crippen LogP contribution in [-0.4, -0.2) is 24.0 Å². The van der Waals surface area contributed by atoms with Crippen LogP contribution in [0.1, 0.15) is 44.2 Å². The van der Waals surface area contributed by atoms with E-state index in [2.05, 4.69) is 24.8 Å². The van der Waals surface area contributed by atoms with Crippen LogP contribution in [0.4, 0.5) is 11.4 Å². The molecule has 1 heterocycles. The summed E-state index contributed by atoms with van der Waals surface area (Å²) in [7, 11) is 0. The number of benzene rings is 1. The van der Waals surface area contributed by atoms with Gasteiger partial charge in [0.2, 0.25) is 0 Å². The van der Waals surface area contributed by atoms with E-state index in [-0.39, 0.29) is 5.41 Å². The summed E-state index contributed by atoms with van der Waals surface area (Å²) in [5, 5.41) is 0. The normalized spacial score (nSPS) is 35.5. The maximum absolute atomic E-state index is 6.37. The van der Waals surface area contributed by atoms with Gasteiger partial charge in [-0.1, -0.05) is 19.9 Å². The summed E-state index contributed by atoms with van der Waals surface area (Å²) in [4.78, 5) is 2.76. The zero-order chi connectivity index (χ0) is 14.8. The molecule has 1 aromatic rings. The highest BCUT2D eigenvalue weighted by Crippen LogP contribution is 2.52. The fraction of sp³-hybridized carbons (Fsp3) is 0.667. The Bertz CT molecular complexity index is 578. The third-order valence-corrected chi connectivity index (χ3v) is 6.52. The van der Waals surface area contributed by atoms with Crippen molar-refractivity contribution >= 4 is 11.4 Å². The van der Waals surface area contributed by atoms with Crippen LogP contribution in [0.5, 0.6) is 0 Å². The summed E-state index contributed by atoms with van der Waals surface area (Å²) >= 11 is 0. The highest BCUT2D eigenvalue weighted by molar-refractivity contribution is 5.72. The van der Waals surface area contributed by atoms with Crippen LogP contribution in [0.15, 0.2) is 12.1 Å². The standard InChI is InChI=1S/C18H27N3/c1-11-15-9-13-5-6-14(19)17(20)16(13)18(11,2)7-8-21(15)10-12-3-4-12/h5-6,11-12,15H,3-4,7-10,19-20H2,1-2H3/t11?,15-,18-/m1/s1. The van der Waals surface area contributed by atoms with Gasteiger partial charge in [0.25, 0.3) is 0 Å². The van der Waals surface area contributed by atoms with E-state index in [1.54, 1.807) is 0 Å². The van der Waals surface area contributed by atoms with Crippen molar-refractivity contribution in [3.8, 4) is 0 Å². The average Bonchev–Trinajstić information content (AvgIpc) is 3.25. The topological polar surface area (TPSA) is 55.3 Å². The Balaban J connectivity index is 1.76. The Labute approximate surface area is 127 Å². The number of anilines is 2. The molecule has 0 spiro atoms. The van der Waals surface area contributed by atoms with Crippen molar-refractivity contribution in [2.75, 3.05) is 24.6 Å². The predicted octanol–water partition coefficient (Wildman–Crippen LogP) is 2.79. The van der Waals surface area contributed by atoms with Crippen LogP contribution < -0.4 is 11.5 Å². The minimum atomic E-state index is 0.192. The minimum absolute atomic E-state index is 0.192. The van der Waals surface area contributed by atoms with Gasteiger partial charge in [0.05, 0.1) is 11.4 Å². The second-order valence-corrected chi connectivity index (χ2v) is 7.77. The van der Waals surface area contributed by atoms with Crippen LogP contribution >= 0.6 is 0 Å². The smallest absolute Gasteiger partial charge is 0.0588 e. The van der Waals surface area contributed by atoms with E-state index in [1.165, 1.54) is 43.5 Å². The fourth-order valence-corrected chi connectivity index (χ4v) is 4.78. The molecule has 2 aliphatic carbocycles. The molecule has 4 N–H and O–H groups in total. The predicted molar refractivity (Wildman–Crippen MR) is 88.2 cm³/mol. The number of rotatable bonds is 2. The lowest BCUT2D eigenvalue weighted by molar-refractivity contribution is 0.0288. The number of likely N-dealkylation sites (tertiary alicyclic amines) is 1. The lowest BCUT2D eigenvalue weighted by Crippen LogP contribution is -2.58. The Morgan fingerprint density at radius 2 is 2.05 bits per heavy atom. The fourth-order valence-electron chi connectivity index (χ4n) is 4.78. The van der Waals surface area contributed by atoms with Gasteiger partial charge < -0.3 is 11.5 Å². The van der Waals surface area contributed by atoms with Crippen molar-refractivity contribution in [2.24, 2.45) is 11.8 Å². The van der Waals surface area contributed by atoms with Crippen molar-refractivity contribution in [3.63, 3.8) is 0 Å². The highest BCUT2D eigenvalue weighted by atomic mass is 15.2. The molecular weight excluding hydrogens is 258 g/mol. The van der Waals surface area contributed by atoms with Gasteiger partial charge in [0, 0.05) is 18.0 Å². The molecule has 0 amide bonds. The molecular formula is C18H27N3. The molecule has 2 fully saturated rings. The van der Waals surface area contributed by atoms with Gasteiger partial charge >= 0.3 is 0 Å². The third kappa shape index (κ3) is 1.90. The van der Waals surface area contributed by atoms with Crippen LogP contribution in [0, 0.1) is 11.8 Å². The highest BCUT2D eigenvalue weighted by Gasteiger charge is 2.49. The van der Waals surface area contributed by atoms with Crippen LogP contribution in [-0.2, 0) is 11.8 Å². The van der Waals surface area contributed by atoms with Gasteiger partial charge in [-0.25, -0.2) is 0 Å². The average molecular weight is 285 g/mol. The van der Waals surface area contributed by atoms with Gasteiger partial charge in [-0.2, -0.15) is 0 Å². The van der Waals surface area contributed by atoms with Gasteiger partial charge in [-0.15, -0.1) is 0 Å². The van der Waals surface area contributed by atoms with Crippen molar-refractivity contribution in [1.82, 2.24) is 4.90 Å². The Morgan fingerprint density at radius 3 is 2.76 bits per heavy atom. The number of nitrogens with two attached hydrogens (primary N) is 2. The van der Waals surface area contributed by atoms with E-state index in [0.717, 1.165) is 23.7 Å². The molecule has 4 rings (SSSR count).